The Morgan fingerprint density at radius 3 is 2.87 bits per heavy atom. The van der Waals surface area contributed by atoms with E-state index >= 15 is 0 Å². The minimum atomic E-state index is -4.47. The topological polar surface area (TPSA) is 51.1 Å². The van der Waals surface area contributed by atoms with Gasteiger partial charge < -0.3 is 9.64 Å². The van der Waals surface area contributed by atoms with Gasteiger partial charge in [-0.2, -0.15) is 13.2 Å². The Bertz CT molecular complexity index is 692. The number of aryl methyl sites for hydroxylation is 1. The van der Waals surface area contributed by atoms with Crippen LogP contribution in [0.25, 0.3) is 0 Å². The van der Waals surface area contributed by atoms with E-state index in [1.165, 1.54) is 0 Å². The summed E-state index contributed by atoms with van der Waals surface area (Å²) in [7, 11) is 0. The molecule has 2 aromatic heterocycles. The highest BCUT2D eigenvalue weighted by Gasteiger charge is 2.34. The molecule has 8 heteroatoms. The van der Waals surface area contributed by atoms with Gasteiger partial charge in [-0.1, -0.05) is 0 Å². The first kappa shape index (κ1) is 15.5. The van der Waals surface area contributed by atoms with Gasteiger partial charge in [0.05, 0.1) is 6.54 Å². The van der Waals surface area contributed by atoms with Gasteiger partial charge in [0, 0.05) is 37.0 Å². The van der Waals surface area contributed by atoms with E-state index in [2.05, 4.69) is 15.0 Å². The Hall–Kier alpha value is -2.38. The van der Waals surface area contributed by atoms with Crippen LogP contribution in [-0.2, 0) is 6.18 Å². The van der Waals surface area contributed by atoms with Crippen LogP contribution < -0.4 is 9.64 Å². The van der Waals surface area contributed by atoms with Crippen LogP contribution in [0.5, 0.6) is 5.75 Å². The largest absolute Gasteiger partial charge is 0.488 e. The van der Waals surface area contributed by atoms with Crippen LogP contribution >= 0.6 is 0 Å². The number of hydrogen-bond acceptors (Lipinski definition) is 5. The van der Waals surface area contributed by atoms with E-state index in [1.54, 1.807) is 23.4 Å². The molecule has 1 aliphatic rings. The number of anilines is 1. The molecule has 1 fully saturated rings. The summed E-state index contributed by atoms with van der Waals surface area (Å²) in [5.74, 6) is 1.01. The standard InChI is InChI=1S/C15H15F3N4O/c1-10-7-19-4-2-12(10)23-11-3-5-22(8-11)14-6-13(15(16,17)18)20-9-21-14/h2,4,6-7,9,11H,3,5,8H2,1H3. The highest BCUT2D eigenvalue weighted by Crippen LogP contribution is 2.30. The molecule has 23 heavy (non-hydrogen) atoms. The van der Waals surface area contributed by atoms with Crippen LogP contribution in [0.4, 0.5) is 19.0 Å². The Morgan fingerprint density at radius 2 is 2.13 bits per heavy atom. The lowest BCUT2D eigenvalue weighted by molar-refractivity contribution is -0.141. The quantitative estimate of drug-likeness (QED) is 0.869. The van der Waals surface area contributed by atoms with Gasteiger partial charge in [0.25, 0.3) is 0 Å². The molecule has 0 saturated carbocycles. The summed E-state index contributed by atoms with van der Waals surface area (Å²) in [4.78, 5) is 13.0. The van der Waals surface area contributed by atoms with Crippen LogP contribution in [0.2, 0.25) is 0 Å². The summed E-state index contributed by atoms with van der Waals surface area (Å²) < 4.78 is 44.1. The second-order valence-electron chi connectivity index (χ2n) is 5.37. The Labute approximate surface area is 131 Å². The second-order valence-corrected chi connectivity index (χ2v) is 5.37. The highest BCUT2D eigenvalue weighted by atomic mass is 19.4. The van der Waals surface area contributed by atoms with Crippen molar-refractivity contribution in [3.05, 3.63) is 42.1 Å². The number of ether oxygens (including phenoxy) is 1. The van der Waals surface area contributed by atoms with Crippen molar-refractivity contribution in [2.45, 2.75) is 25.6 Å². The molecule has 0 aromatic carbocycles. The van der Waals surface area contributed by atoms with Crippen LogP contribution in [0.15, 0.2) is 30.9 Å². The van der Waals surface area contributed by atoms with Crippen LogP contribution in [0, 0.1) is 6.92 Å². The molecule has 0 spiro atoms. The number of pyridine rings is 1. The van der Waals surface area contributed by atoms with Crippen molar-refractivity contribution in [2.24, 2.45) is 0 Å². The van der Waals surface area contributed by atoms with Crippen molar-refractivity contribution in [3.8, 4) is 5.75 Å². The number of nitrogens with zero attached hydrogens (tertiary/aromatic N) is 4. The van der Waals surface area contributed by atoms with Crippen LogP contribution in [-0.4, -0.2) is 34.1 Å². The predicted molar refractivity (Wildman–Crippen MR) is 77.3 cm³/mol. The highest BCUT2D eigenvalue weighted by molar-refractivity contribution is 5.41. The molecule has 1 saturated heterocycles. The molecule has 0 N–H and O–H groups in total. The molecule has 0 amide bonds. The smallest absolute Gasteiger partial charge is 0.433 e. The van der Waals surface area contributed by atoms with Gasteiger partial charge in [-0.3, -0.25) is 4.98 Å². The fraction of sp³-hybridized carbons (Fsp3) is 0.400. The van der Waals surface area contributed by atoms with E-state index in [-0.39, 0.29) is 11.9 Å². The first-order valence-corrected chi connectivity index (χ1v) is 7.15. The van der Waals surface area contributed by atoms with Crippen LogP contribution in [0.1, 0.15) is 17.7 Å². The molecule has 2 aromatic rings. The summed E-state index contributed by atoms with van der Waals surface area (Å²) in [6, 6.07) is 2.75. The van der Waals surface area contributed by atoms with Gasteiger partial charge in [0.15, 0.2) is 0 Å². The fourth-order valence-electron chi connectivity index (χ4n) is 2.48. The molecule has 0 aliphatic carbocycles. The van der Waals surface area contributed by atoms with E-state index in [9.17, 15) is 13.2 Å². The van der Waals surface area contributed by atoms with Gasteiger partial charge in [-0.05, 0) is 13.0 Å². The monoisotopic (exact) mass is 324 g/mol. The van der Waals surface area contributed by atoms with Crippen molar-refractivity contribution in [1.29, 1.82) is 0 Å². The van der Waals surface area contributed by atoms with Gasteiger partial charge >= 0.3 is 6.18 Å². The average molecular weight is 324 g/mol. The van der Waals surface area contributed by atoms with Gasteiger partial charge in [-0.15, -0.1) is 0 Å². The first-order valence-electron chi connectivity index (χ1n) is 7.15. The molecular formula is C15H15F3N4O. The van der Waals surface area contributed by atoms with E-state index in [0.717, 1.165) is 23.7 Å². The second kappa shape index (κ2) is 6.02. The van der Waals surface area contributed by atoms with Crippen LogP contribution in [0.3, 0.4) is 0 Å². The molecule has 1 unspecified atom stereocenters. The Balaban J connectivity index is 1.69. The zero-order valence-electron chi connectivity index (χ0n) is 12.4. The van der Waals surface area contributed by atoms with Crippen molar-refractivity contribution in [1.82, 2.24) is 15.0 Å². The van der Waals surface area contributed by atoms with Crippen molar-refractivity contribution >= 4 is 5.82 Å². The third-order valence-electron chi connectivity index (χ3n) is 3.67. The van der Waals surface area contributed by atoms with E-state index in [4.69, 9.17) is 4.74 Å². The van der Waals surface area contributed by atoms with Gasteiger partial charge in [0.2, 0.25) is 0 Å². The molecule has 3 rings (SSSR count). The lowest BCUT2D eigenvalue weighted by atomic mass is 10.2. The zero-order chi connectivity index (χ0) is 16.4. The zero-order valence-corrected chi connectivity index (χ0v) is 12.4. The first-order chi connectivity index (χ1) is 10.9. The minimum absolute atomic E-state index is 0.0968. The molecular weight excluding hydrogens is 309 g/mol. The average Bonchev–Trinajstić information content (AvgIpc) is 2.98. The number of alkyl halides is 3. The van der Waals surface area contributed by atoms with Crippen molar-refractivity contribution < 1.29 is 17.9 Å². The third-order valence-corrected chi connectivity index (χ3v) is 3.67. The van der Waals surface area contributed by atoms with Crippen molar-refractivity contribution in [3.63, 3.8) is 0 Å². The minimum Gasteiger partial charge on any atom is -0.488 e. The molecule has 122 valence electrons. The van der Waals surface area contributed by atoms with Crippen molar-refractivity contribution in [2.75, 3.05) is 18.0 Å². The maximum absolute atomic E-state index is 12.7. The molecule has 0 radical (unpaired) electrons. The lowest BCUT2D eigenvalue weighted by Gasteiger charge is -2.19. The Morgan fingerprint density at radius 1 is 1.30 bits per heavy atom. The normalized spacial score (nSPS) is 18.3. The molecule has 0 bridgehead atoms. The summed E-state index contributed by atoms with van der Waals surface area (Å²) in [5, 5.41) is 0. The number of rotatable bonds is 3. The Kier molecular flexibility index (Phi) is 4.06. The molecule has 1 atom stereocenters. The van der Waals surface area contributed by atoms with E-state index < -0.39 is 11.9 Å². The predicted octanol–water partition coefficient (Wildman–Crippen LogP) is 2.86. The fourth-order valence-corrected chi connectivity index (χ4v) is 2.48. The number of aromatic nitrogens is 3. The summed E-state index contributed by atoms with van der Waals surface area (Å²) in [5.41, 5.74) is -0.0100. The SMILES string of the molecule is Cc1cnccc1OC1CCN(c2cc(C(F)(F)F)ncn2)C1. The molecule has 1 aliphatic heterocycles. The van der Waals surface area contributed by atoms with Gasteiger partial charge in [-0.25, -0.2) is 9.97 Å². The number of hydrogen-bond donors (Lipinski definition) is 0. The number of halogens is 3. The summed E-state index contributed by atoms with van der Waals surface area (Å²) in [6.45, 7) is 2.97. The molecule has 5 nitrogen and oxygen atoms in total. The summed E-state index contributed by atoms with van der Waals surface area (Å²) >= 11 is 0. The maximum atomic E-state index is 12.7. The lowest BCUT2D eigenvalue weighted by Crippen LogP contribution is -2.26. The maximum Gasteiger partial charge on any atom is 0.433 e. The third kappa shape index (κ3) is 3.52. The molecule has 3 heterocycles. The van der Waals surface area contributed by atoms with E-state index in [1.807, 2.05) is 6.92 Å². The van der Waals surface area contributed by atoms with Gasteiger partial charge in [0.1, 0.15) is 29.7 Å². The summed E-state index contributed by atoms with van der Waals surface area (Å²) in [6.07, 6.45) is 0.450. The van der Waals surface area contributed by atoms with E-state index in [0.29, 0.717) is 19.5 Å².